The summed E-state index contributed by atoms with van der Waals surface area (Å²) in [5.74, 6) is -1.58. The number of aliphatic hydroxyl groups is 1. The predicted octanol–water partition coefficient (Wildman–Crippen LogP) is 6.79. The van der Waals surface area contributed by atoms with Crippen molar-refractivity contribution in [2.45, 2.75) is 57.7 Å². The highest BCUT2D eigenvalue weighted by molar-refractivity contribution is 7.15. The maximum atomic E-state index is 13.0. The average Bonchev–Trinajstić information content (AvgIpc) is 3.39. The monoisotopic (exact) mass is 559 g/mol. The van der Waals surface area contributed by atoms with Crippen molar-refractivity contribution in [2.75, 3.05) is 5.32 Å². The van der Waals surface area contributed by atoms with Gasteiger partial charge >= 0.3 is 12.1 Å². The van der Waals surface area contributed by atoms with Gasteiger partial charge in [0.05, 0.1) is 16.3 Å². The van der Waals surface area contributed by atoms with Crippen LogP contribution in [-0.4, -0.2) is 36.1 Å². The Morgan fingerprint density at radius 2 is 1.85 bits per heavy atom. The van der Waals surface area contributed by atoms with Gasteiger partial charge in [-0.2, -0.15) is 13.2 Å². The van der Waals surface area contributed by atoms with E-state index in [1.807, 2.05) is 19.9 Å². The van der Waals surface area contributed by atoms with Crippen LogP contribution in [0.25, 0.3) is 21.3 Å². The molecule has 3 heterocycles. The topological polar surface area (TPSA) is 121 Å². The molecule has 206 valence electrons. The Morgan fingerprint density at radius 3 is 2.54 bits per heavy atom. The van der Waals surface area contributed by atoms with Gasteiger partial charge in [0.25, 0.3) is 0 Å². The van der Waals surface area contributed by atoms with Gasteiger partial charge in [-0.1, -0.05) is 26.3 Å². The number of hydrogen-bond acceptors (Lipinski definition) is 8. The molecule has 0 aliphatic carbocycles. The van der Waals surface area contributed by atoms with Crippen molar-refractivity contribution in [1.82, 2.24) is 19.9 Å². The van der Waals surface area contributed by atoms with Gasteiger partial charge in [-0.3, -0.25) is 9.78 Å². The lowest BCUT2D eigenvalue weighted by Gasteiger charge is -2.26. The predicted molar refractivity (Wildman–Crippen MR) is 143 cm³/mol. The van der Waals surface area contributed by atoms with Crippen LogP contribution in [-0.2, 0) is 16.6 Å². The van der Waals surface area contributed by atoms with Gasteiger partial charge in [0.1, 0.15) is 16.3 Å². The first kappa shape index (κ1) is 28.4. The second-order valence-electron chi connectivity index (χ2n) is 9.27. The minimum atomic E-state index is -4.58. The fourth-order valence-corrected chi connectivity index (χ4v) is 5.53. The second-order valence-corrected chi connectivity index (χ2v) is 10.3. The van der Waals surface area contributed by atoms with Gasteiger partial charge in [-0.15, -0.1) is 11.3 Å². The van der Waals surface area contributed by atoms with E-state index in [1.165, 1.54) is 11.3 Å². The summed E-state index contributed by atoms with van der Waals surface area (Å²) in [5.41, 5.74) is -0.376. The minimum Gasteiger partial charge on any atom is -0.481 e. The molecule has 0 saturated carbocycles. The van der Waals surface area contributed by atoms with Crippen LogP contribution < -0.4 is 5.32 Å². The van der Waals surface area contributed by atoms with E-state index >= 15 is 0 Å². The van der Waals surface area contributed by atoms with Gasteiger partial charge in [0.2, 0.25) is 5.95 Å². The van der Waals surface area contributed by atoms with Crippen molar-refractivity contribution in [1.29, 1.82) is 0 Å². The molecular formula is C27H28F3N5O3S. The van der Waals surface area contributed by atoms with Crippen LogP contribution in [0.5, 0.6) is 0 Å². The zero-order chi connectivity index (χ0) is 28.2. The Kier molecular flexibility index (Phi) is 8.45. The van der Waals surface area contributed by atoms with Crippen molar-refractivity contribution >= 4 is 39.8 Å². The summed E-state index contributed by atoms with van der Waals surface area (Å²) < 4.78 is 39.0. The number of nitrogens with zero attached hydrogens (tertiary/aromatic N) is 4. The van der Waals surface area contributed by atoms with E-state index in [2.05, 4.69) is 25.3 Å². The molecule has 3 aromatic heterocycles. The molecule has 1 aromatic carbocycles. The lowest BCUT2D eigenvalue weighted by atomic mass is 9.88. The van der Waals surface area contributed by atoms with Crippen LogP contribution in [0, 0.1) is 5.92 Å². The van der Waals surface area contributed by atoms with Gasteiger partial charge < -0.3 is 15.5 Å². The highest BCUT2D eigenvalue weighted by Gasteiger charge is 2.34. The number of alkyl halides is 3. The molecule has 4 rings (SSSR count). The zero-order valence-corrected chi connectivity index (χ0v) is 22.2. The molecule has 39 heavy (non-hydrogen) atoms. The minimum absolute atomic E-state index is 0.184. The van der Waals surface area contributed by atoms with Crippen LogP contribution in [0.15, 0.2) is 48.9 Å². The molecule has 0 aliphatic rings. The highest BCUT2D eigenvalue weighted by atomic mass is 32.1. The second kappa shape index (κ2) is 11.6. The summed E-state index contributed by atoms with van der Waals surface area (Å²) >= 11 is 1.35. The number of carbonyl (C=O) groups is 1. The van der Waals surface area contributed by atoms with E-state index < -0.39 is 29.4 Å². The summed E-state index contributed by atoms with van der Waals surface area (Å²) in [6.45, 7) is 3.78. The molecular weight excluding hydrogens is 531 g/mol. The number of rotatable bonds is 11. The van der Waals surface area contributed by atoms with E-state index in [0.717, 1.165) is 28.1 Å². The molecule has 0 spiro atoms. The maximum absolute atomic E-state index is 13.0. The number of nitrogens with one attached hydrogen (secondary N) is 1. The number of fused-ring (bicyclic) bond motifs is 1. The molecule has 0 fully saturated rings. The number of thiazole rings is 1. The molecule has 0 amide bonds. The third-order valence-corrected chi connectivity index (χ3v) is 7.75. The largest absolute Gasteiger partial charge is 0.481 e. The van der Waals surface area contributed by atoms with Crippen LogP contribution in [0.2, 0.25) is 0 Å². The number of anilines is 2. The van der Waals surface area contributed by atoms with Crippen molar-refractivity contribution in [3.05, 3.63) is 59.6 Å². The van der Waals surface area contributed by atoms with Crippen molar-refractivity contribution < 1.29 is 28.2 Å². The number of aromatic nitrogens is 4. The Balaban J connectivity index is 1.60. The van der Waals surface area contributed by atoms with E-state index in [1.54, 1.807) is 30.6 Å². The number of benzene rings is 1. The molecule has 2 atom stereocenters. The zero-order valence-electron chi connectivity index (χ0n) is 21.4. The third-order valence-electron chi connectivity index (χ3n) is 6.53. The van der Waals surface area contributed by atoms with Crippen molar-refractivity contribution in [2.24, 2.45) is 5.92 Å². The van der Waals surface area contributed by atoms with E-state index in [9.17, 15) is 28.2 Å². The van der Waals surface area contributed by atoms with Crippen molar-refractivity contribution in [3.8, 4) is 10.4 Å². The highest BCUT2D eigenvalue weighted by Crippen LogP contribution is 2.40. The fraction of sp³-hybridized carbons (Fsp3) is 0.370. The molecule has 12 heteroatoms. The molecule has 0 bridgehead atoms. The molecule has 0 saturated heterocycles. The van der Waals surface area contributed by atoms with Gasteiger partial charge in [-0.25, -0.2) is 15.0 Å². The first-order chi connectivity index (χ1) is 18.5. The first-order valence-electron chi connectivity index (χ1n) is 12.5. The number of halogens is 3. The van der Waals surface area contributed by atoms with Gasteiger partial charge in [0.15, 0.2) is 0 Å². The number of pyridine rings is 1. The van der Waals surface area contributed by atoms with Crippen molar-refractivity contribution in [3.63, 3.8) is 0 Å². The van der Waals surface area contributed by atoms with E-state index in [-0.39, 0.29) is 5.95 Å². The molecule has 1 unspecified atom stereocenters. The lowest BCUT2D eigenvalue weighted by molar-refractivity contribution is -0.143. The SMILES string of the molecule is CCCC(O)(CC[C@@H](CC)C(=O)O)c1ncc(-c2ccnc3cc(Nc4nccc(C(F)(F)F)n4)ccc23)s1. The standard InChI is InChI=1S/C27H28F3N5O3S/c1-3-10-26(38,11-7-16(4-2)23(36)37)24-33-15-21(39-24)19-8-12-31-20-14-17(5-6-18(19)20)34-25-32-13-9-22(35-25)27(28,29)30/h5-6,8-9,12-16,38H,3-4,7,10-11H2,1-2H3,(H,36,37)(H,32,34,35)/t16-,26?/m1/s1. The Labute approximate surface area is 227 Å². The van der Waals surface area contributed by atoms with Gasteiger partial charge in [0, 0.05) is 35.2 Å². The number of aliphatic carboxylic acids is 1. The average molecular weight is 560 g/mol. The molecule has 3 N–H and O–H groups in total. The maximum Gasteiger partial charge on any atom is 0.433 e. The van der Waals surface area contributed by atoms with Crippen LogP contribution in [0.4, 0.5) is 24.8 Å². The Hall–Kier alpha value is -3.64. The number of hydrogen-bond donors (Lipinski definition) is 3. The summed E-state index contributed by atoms with van der Waals surface area (Å²) in [4.78, 5) is 28.6. The smallest absolute Gasteiger partial charge is 0.433 e. The Morgan fingerprint density at radius 1 is 1.08 bits per heavy atom. The number of carboxylic acid groups (broad SMARTS) is 1. The number of carboxylic acids is 1. The quantitative estimate of drug-likeness (QED) is 0.184. The molecule has 8 nitrogen and oxygen atoms in total. The van der Waals surface area contributed by atoms with E-state index in [4.69, 9.17) is 0 Å². The van der Waals surface area contributed by atoms with E-state index in [0.29, 0.717) is 48.3 Å². The molecule has 4 aromatic rings. The fourth-order valence-electron chi connectivity index (χ4n) is 4.43. The summed E-state index contributed by atoms with van der Waals surface area (Å²) in [6, 6.07) is 7.82. The summed E-state index contributed by atoms with van der Waals surface area (Å²) in [5, 5.41) is 25.0. The van der Waals surface area contributed by atoms with Gasteiger partial charge in [-0.05, 0) is 49.9 Å². The Bertz CT molecular complexity index is 1460. The third kappa shape index (κ3) is 6.51. The summed E-state index contributed by atoms with van der Waals surface area (Å²) in [6.07, 6.45) is 2.07. The van der Waals surface area contributed by atoms with Crippen LogP contribution in [0.1, 0.15) is 56.7 Å². The molecule has 0 radical (unpaired) electrons. The van der Waals surface area contributed by atoms with Crippen LogP contribution >= 0.6 is 11.3 Å². The molecule has 0 aliphatic heterocycles. The summed E-state index contributed by atoms with van der Waals surface area (Å²) in [7, 11) is 0. The lowest BCUT2D eigenvalue weighted by Crippen LogP contribution is -2.27. The first-order valence-corrected chi connectivity index (χ1v) is 13.3. The normalized spacial score (nSPS) is 14.2. The van der Waals surface area contributed by atoms with Crippen LogP contribution in [0.3, 0.4) is 0 Å².